The van der Waals surface area contributed by atoms with Crippen LogP contribution >= 0.6 is 0 Å². The molecule has 3 rings (SSSR count). The number of alkyl halides is 1. The SMILES string of the molecule is Nc1nc(=O)n([C@@H]2O[C@H](CO)C[C@H]2F)c2ccccc12. The van der Waals surface area contributed by atoms with E-state index in [0.29, 0.717) is 10.9 Å². The average Bonchev–Trinajstić information content (AvgIpc) is 2.80. The van der Waals surface area contributed by atoms with Crippen molar-refractivity contribution in [3.8, 4) is 0 Å². The van der Waals surface area contributed by atoms with Crippen LogP contribution in [0, 0.1) is 0 Å². The number of rotatable bonds is 2. The van der Waals surface area contributed by atoms with Gasteiger partial charge in [-0.25, -0.2) is 9.18 Å². The summed E-state index contributed by atoms with van der Waals surface area (Å²) in [6.07, 6.45) is -3.03. The molecule has 0 bridgehead atoms. The Bertz CT molecular complexity index is 703. The van der Waals surface area contributed by atoms with Gasteiger partial charge in [-0.3, -0.25) is 4.57 Å². The van der Waals surface area contributed by atoms with Gasteiger partial charge in [-0.05, 0) is 12.1 Å². The van der Waals surface area contributed by atoms with Gasteiger partial charge in [0.15, 0.2) is 6.23 Å². The Morgan fingerprint density at radius 1 is 1.50 bits per heavy atom. The number of aliphatic hydroxyl groups is 1. The summed E-state index contributed by atoms with van der Waals surface area (Å²) in [5.74, 6) is 0.106. The molecule has 0 spiro atoms. The van der Waals surface area contributed by atoms with Crippen LogP contribution in [0.2, 0.25) is 0 Å². The zero-order valence-corrected chi connectivity index (χ0v) is 10.6. The highest BCUT2D eigenvalue weighted by molar-refractivity contribution is 5.88. The highest BCUT2D eigenvalue weighted by Gasteiger charge is 2.37. The molecule has 1 aliphatic heterocycles. The van der Waals surface area contributed by atoms with Crippen LogP contribution < -0.4 is 11.4 Å². The summed E-state index contributed by atoms with van der Waals surface area (Å²) in [6, 6.07) is 6.86. The molecule has 0 amide bonds. The lowest BCUT2D eigenvalue weighted by Gasteiger charge is -2.19. The lowest BCUT2D eigenvalue weighted by molar-refractivity contribution is -0.0369. The van der Waals surface area contributed by atoms with Gasteiger partial charge in [0.1, 0.15) is 12.0 Å². The number of anilines is 1. The number of nitrogens with zero attached hydrogens (tertiary/aromatic N) is 2. The van der Waals surface area contributed by atoms with E-state index >= 15 is 0 Å². The molecule has 0 radical (unpaired) electrons. The predicted molar refractivity (Wildman–Crippen MR) is 70.9 cm³/mol. The van der Waals surface area contributed by atoms with Gasteiger partial charge in [-0.2, -0.15) is 4.98 Å². The van der Waals surface area contributed by atoms with Crippen LogP contribution in [0.5, 0.6) is 0 Å². The number of benzene rings is 1. The smallest absolute Gasteiger partial charge is 0.352 e. The molecule has 0 aliphatic carbocycles. The molecular formula is C13H14FN3O3. The molecule has 1 fully saturated rings. The van der Waals surface area contributed by atoms with E-state index < -0.39 is 24.2 Å². The lowest BCUT2D eigenvalue weighted by Crippen LogP contribution is -2.31. The van der Waals surface area contributed by atoms with Crippen molar-refractivity contribution in [2.24, 2.45) is 0 Å². The zero-order chi connectivity index (χ0) is 14.3. The van der Waals surface area contributed by atoms with Crippen LogP contribution in [0.15, 0.2) is 29.1 Å². The molecule has 20 heavy (non-hydrogen) atoms. The van der Waals surface area contributed by atoms with Crippen LogP contribution in [0.4, 0.5) is 10.2 Å². The monoisotopic (exact) mass is 279 g/mol. The van der Waals surface area contributed by atoms with Crippen molar-refractivity contribution in [2.45, 2.75) is 24.9 Å². The molecule has 1 aliphatic rings. The number of hydrogen-bond acceptors (Lipinski definition) is 5. The first-order valence-corrected chi connectivity index (χ1v) is 6.29. The Kier molecular flexibility index (Phi) is 3.15. The van der Waals surface area contributed by atoms with Gasteiger partial charge in [0, 0.05) is 11.8 Å². The second kappa shape index (κ2) is 4.84. The largest absolute Gasteiger partial charge is 0.394 e. The summed E-state index contributed by atoms with van der Waals surface area (Å²) in [5.41, 5.74) is 5.52. The van der Waals surface area contributed by atoms with E-state index in [1.807, 2.05) is 0 Å². The first-order chi connectivity index (χ1) is 9.61. The van der Waals surface area contributed by atoms with Gasteiger partial charge in [-0.1, -0.05) is 12.1 Å². The number of nitrogen functional groups attached to an aromatic ring is 1. The molecule has 1 aromatic heterocycles. The molecule has 3 atom stereocenters. The number of ether oxygens (including phenoxy) is 1. The third-order valence-electron chi connectivity index (χ3n) is 3.45. The normalized spacial score (nSPS) is 26.2. The van der Waals surface area contributed by atoms with E-state index in [9.17, 15) is 9.18 Å². The van der Waals surface area contributed by atoms with Crippen molar-refractivity contribution in [1.29, 1.82) is 0 Å². The van der Waals surface area contributed by atoms with Crippen molar-refractivity contribution in [2.75, 3.05) is 12.3 Å². The van der Waals surface area contributed by atoms with E-state index in [2.05, 4.69) is 4.98 Å². The summed E-state index contributed by atoms with van der Waals surface area (Å²) >= 11 is 0. The Morgan fingerprint density at radius 3 is 2.95 bits per heavy atom. The van der Waals surface area contributed by atoms with Gasteiger partial charge >= 0.3 is 5.69 Å². The van der Waals surface area contributed by atoms with Crippen molar-refractivity contribution in [3.63, 3.8) is 0 Å². The van der Waals surface area contributed by atoms with E-state index in [1.54, 1.807) is 24.3 Å². The number of nitrogens with two attached hydrogens (primary N) is 1. The van der Waals surface area contributed by atoms with Gasteiger partial charge in [-0.15, -0.1) is 0 Å². The quantitative estimate of drug-likeness (QED) is 0.840. The van der Waals surface area contributed by atoms with Crippen LogP contribution in [-0.4, -0.2) is 33.5 Å². The minimum Gasteiger partial charge on any atom is -0.394 e. The van der Waals surface area contributed by atoms with Gasteiger partial charge < -0.3 is 15.6 Å². The molecule has 6 nitrogen and oxygen atoms in total. The van der Waals surface area contributed by atoms with Gasteiger partial charge in [0.2, 0.25) is 0 Å². The Labute approximate surface area is 113 Å². The fourth-order valence-corrected chi connectivity index (χ4v) is 2.51. The summed E-state index contributed by atoms with van der Waals surface area (Å²) in [4.78, 5) is 15.8. The number of aromatic nitrogens is 2. The molecule has 106 valence electrons. The summed E-state index contributed by atoms with van der Waals surface area (Å²) < 4.78 is 20.6. The van der Waals surface area contributed by atoms with E-state index in [0.717, 1.165) is 4.57 Å². The Hall–Kier alpha value is -1.99. The number of fused-ring (bicyclic) bond motifs is 1. The predicted octanol–water partition coefficient (Wildman–Crippen LogP) is 0.597. The standard InChI is InChI=1S/C13H14FN3O3/c14-9-5-7(6-18)20-12(9)17-10-4-2-1-3-8(10)11(15)16-13(17)19/h1-4,7,9,12,18H,5-6H2,(H2,15,16,19)/t7-,9+,12+/m0/s1. The Balaban J connectivity index is 2.19. The van der Waals surface area contributed by atoms with E-state index in [4.69, 9.17) is 15.6 Å². The van der Waals surface area contributed by atoms with Crippen LogP contribution in [-0.2, 0) is 4.74 Å². The molecule has 2 heterocycles. The highest BCUT2D eigenvalue weighted by Crippen LogP contribution is 2.32. The second-order valence-electron chi connectivity index (χ2n) is 4.75. The minimum absolute atomic E-state index is 0.0479. The molecule has 7 heteroatoms. The van der Waals surface area contributed by atoms with E-state index in [-0.39, 0.29) is 18.8 Å². The number of halogens is 1. The Morgan fingerprint density at radius 2 is 2.25 bits per heavy atom. The van der Waals surface area contributed by atoms with Crippen LogP contribution in [0.25, 0.3) is 10.9 Å². The maximum absolute atomic E-state index is 14.1. The summed E-state index contributed by atoms with van der Waals surface area (Å²) in [7, 11) is 0. The van der Waals surface area contributed by atoms with Crippen molar-refractivity contribution in [3.05, 3.63) is 34.7 Å². The first-order valence-electron chi connectivity index (χ1n) is 6.29. The molecule has 1 aromatic carbocycles. The van der Waals surface area contributed by atoms with Crippen molar-refractivity contribution >= 4 is 16.7 Å². The second-order valence-corrected chi connectivity index (χ2v) is 4.75. The number of aliphatic hydroxyl groups excluding tert-OH is 1. The van der Waals surface area contributed by atoms with E-state index in [1.165, 1.54) is 0 Å². The van der Waals surface area contributed by atoms with Gasteiger partial charge in [0.25, 0.3) is 0 Å². The maximum Gasteiger partial charge on any atom is 0.352 e. The molecular weight excluding hydrogens is 265 g/mol. The minimum atomic E-state index is -1.38. The zero-order valence-electron chi connectivity index (χ0n) is 10.6. The molecule has 2 aromatic rings. The third-order valence-corrected chi connectivity index (χ3v) is 3.45. The van der Waals surface area contributed by atoms with Crippen LogP contribution in [0.1, 0.15) is 12.6 Å². The molecule has 0 unspecified atom stereocenters. The lowest BCUT2D eigenvalue weighted by atomic mass is 10.2. The summed E-state index contributed by atoms with van der Waals surface area (Å²) in [5, 5.41) is 9.63. The highest BCUT2D eigenvalue weighted by atomic mass is 19.1. The fourth-order valence-electron chi connectivity index (χ4n) is 2.51. The molecule has 3 N–H and O–H groups in total. The molecule has 0 saturated carbocycles. The fraction of sp³-hybridized carbons (Fsp3) is 0.385. The van der Waals surface area contributed by atoms with Crippen LogP contribution in [0.3, 0.4) is 0 Å². The molecule has 1 saturated heterocycles. The number of hydrogen-bond donors (Lipinski definition) is 2. The van der Waals surface area contributed by atoms with Gasteiger partial charge in [0.05, 0.1) is 18.2 Å². The van der Waals surface area contributed by atoms with Crippen molar-refractivity contribution < 1.29 is 14.2 Å². The maximum atomic E-state index is 14.1. The topological polar surface area (TPSA) is 90.4 Å². The first kappa shape index (κ1) is 13.0. The summed E-state index contributed by atoms with van der Waals surface area (Å²) in [6.45, 7) is -0.286. The third kappa shape index (κ3) is 1.95. The van der Waals surface area contributed by atoms with Crippen molar-refractivity contribution in [1.82, 2.24) is 9.55 Å². The average molecular weight is 279 g/mol. The number of para-hydroxylation sites is 1.